The third-order valence-electron chi connectivity index (χ3n) is 4.82. The van der Waals surface area contributed by atoms with Gasteiger partial charge in [0.2, 0.25) is 0 Å². The van der Waals surface area contributed by atoms with E-state index in [1.165, 1.54) is 5.56 Å². The molecule has 1 aromatic heterocycles. The van der Waals surface area contributed by atoms with Crippen molar-refractivity contribution in [3.05, 3.63) is 82.9 Å². The average molecular weight is 466 g/mol. The molecule has 0 aliphatic rings. The topological polar surface area (TPSA) is 54.0 Å². The summed E-state index contributed by atoms with van der Waals surface area (Å²) in [5, 5.41) is 7.49. The van der Waals surface area contributed by atoms with E-state index in [1.54, 1.807) is 17.4 Å². The second-order valence-corrected chi connectivity index (χ2v) is 9.24. The van der Waals surface area contributed by atoms with E-state index in [0.717, 1.165) is 26.5 Å². The Kier molecular flexibility index (Phi) is 6.32. The number of hydrogen-bond donors (Lipinski definition) is 2. The molecule has 0 radical (unpaired) electrons. The van der Waals surface area contributed by atoms with Gasteiger partial charge in [0.1, 0.15) is 5.01 Å². The number of halogens is 1. The fourth-order valence-corrected chi connectivity index (χ4v) is 4.51. The zero-order valence-electron chi connectivity index (χ0n) is 17.0. The number of carbonyl (C=O) groups is 1. The van der Waals surface area contributed by atoms with Gasteiger partial charge in [-0.15, -0.1) is 11.3 Å². The zero-order chi connectivity index (χ0) is 22.0. The number of fused-ring (bicyclic) bond motifs is 1. The van der Waals surface area contributed by atoms with E-state index >= 15 is 0 Å². The molecule has 1 amide bonds. The predicted molar refractivity (Wildman–Crippen MR) is 134 cm³/mol. The van der Waals surface area contributed by atoms with Crippen LogP contribution in [0.5, 0.6) is 0 Å². The van der Waals surface area contributed by atoms with E-state index in [9.17, 15) is 4.79 Å². The number of anilines is 1. The lowest BCUT2D eigenvalue weighted by atomic mass is 10.0. The van der Waals surface area contributed by atoms with Crippen molar-refractivity contribution in [2.75, 3.05) is 5.32 Å². The number of carbonyl (C=O) groups excluding carboxylic acids is 1. The first-order valence-electron chi connectivity index (χ1n) is 9.78. The summed E-state index contributed by atoms with van der Waals surface area (Å²) in [7, 11) is 0. The number of nitrogens with zero attached hydrogens (tertiary/aromatic N) is 1. The quantitative estimate of drug-likeness (QED) is 0.323. The van der Waals surface area contributed by atoms with Crippen LogP contribution in [0.2, 0.25) is 5.02 Å². The summed E-state index contributed by atoms with van der Waals surface area (Å²) < 4.78 is 1.09. The number of nitrogens with one attached hydrogen (secondary N) is 2. The van der Waals surface area contributed by atoms with Crippen LogP contribution in [0.4, 0.5) is 5.69 Å². The molecule has 4 rings (SSSR count). The Morgan fingerprint density at radius 3 is 2.52 bits per heavy atom. The number of thiocarbonyl (C=S) groups is 1. The van der Waals surface area contributed by atoms with Crippen LogP contribution in [-0.4, -0.2) is 16.0 Å². The minimum Gasteiger partial charge on any atom is -0.332 e. The molecular formula is C24H20ClN3OS2. The molecule has 7 heteroatoms. The standard InChI is InChI=1S/C24H20ClN3OS2/c1-14(2)15-7-9-16(10-8-15)22(29)28-24(30)27-19-12-11-17(25)13-18(19)23-26-20-5-3-4-6-21(20)31-23/h3-14H,1-2H3,(H2,27,28,29,30). The van der Waals surface area contributed by atoms with Crippen LogP contribution in [0.1, 0.15) is 35.7 Å². The molecule has 0 aliphatic heterocycles. The van der Waals surface area contributed by atoms with Crippen molar-refractivity contribution in [2.45, 2.75) is 19.8 Å². The second-order valence-electron chi connectivity index (χ2n) is 7.36. The van der Waals surface area contributed by atoms with Crippen LogP contribution in [-0.2, 0) is 0 Å². The summed E-state index contributed by atoms with van der Waals surface area (Å²) in [5.41, 5.74) is 4.21. The molecule has 0 spiro atoms. The Hall–Kier alpha value is -2.80. The van der Waals surface area contributed by atoms with E-state index in [4.69, 9.17) is 28.8 Å². The molecule has 0 unspecified atom stereocenters. The largest absolute Gasteiger partial charge is 0.332 e. The molecular weight excluding hydrogens is 446 g/mol. The molecule has 31 heavy (non-hydrogen) atoms. The van der Waals surface area contributed by atoms with Gasteiger partial charge in [-0.3, -0.25) is 10.1 Å². The van der Waals surface area contributed by atoms with Gasteiger partial charge in [-0.25, -0.2) is 4.98 Å². The van der Waals surface area contributed by atoms with Gasteiger partial charge in [-0.2, -0.15) is 0 Å². The maximum Gasteiger partial charge on any atom is 0.257 e. The first kappa shape index (κ1) is 21.4. The van der Waals surface area contributed by atoms with Crippen molar-refractivity contribution in [1.29, 1.82) is 0 Å². The molecule has 0 fully saturated rings. The van der Waals surface area contributed by atoms with Crippen molar-refractivity contribution < 1.29 is 4.79 Å². The van der Waals surface area contributed by atoms with Crippen LogP contribution in [0.3, 0.4) is 0 Å². The third-order valence-corrected chi connectivity index (χ3v) is 6.33. The van der Waals surface area contributed by atoms with Crippen molar-refractivity contribution in [3.8, 4) is 10.6 Å². The fourth-order valence-electron chi connectivity index (χ4n) is 3.14. The molecule has 4 nitrogen and oxygen atoms in total. The summed E-state index contributed by atoms with van der Waals surface area (Å²) in [6.45, 7) is 4.23. The van der Waals surface area contributed by atoms with Crippen LogP contribution in [0, 0.1) is 0 Å². The summed E-state index contributed by atoms with van der Waals surface area (Å²) >= 11 is 13.2. The van der Waals surface area contributed by atoms with Gasteiger partial charge in [0.05, 0.1) is 15.9 Å². The van der Waals surface area contributed by atoms with Crippen LogP contribution < -0.4 is 10.6 Å². The molecule has 0 aliphatic carbocycles. The molecule has 0 atom stereocenters. The predicted octanol–water partition coefficient (Wildman–Crippen LogP) is 6.87. The van der Waals surface area contributed by atoms with E-state index in [-0.39, 0.29) is 11.0 Å². The van der Waals surface area contributed by atoms with Crippen LogP contribution in [0.15, 0.2) is 66.7 Å². The molecule has 156 valence electrons. The first-order valence-corrected chi connectivity index (χ1v) is 11.4. The van der Waals surface area contributed by atoms with E-state index < -0.39 is 0 Å². The SMILES string of the molecule is CC(C)c1ccc(C(=O)NC(=S)Nc2ccc(Cl)cc2-c2nc3ccccc3s2)cc1. The number of aromatic nitrogens is 1. The highest BCUT2D eigenvalue weighted by atomic mass is 35.5. The molecule has 0 bridgehead atoms. The fraction of sp³-hybridized carbons (Fsp3) is 0.125. The van der Waals surface area contributed by atoms with Gasteiger partial charge in [0.15, 0.2) is 5.11 Å². The number of para-hydroxylation sites is 1. The minimum atomic E-state index is -0.261. The van der Waals surface area contributed by atoms with Gasteiger partial charge >= 0.3 is 0 Å². The lowest BCUT2D eigenvalue weighted by molar-refractivity contribution is 0.0977. The highest BCUT2D eigenvalue weighted by Crippen LogP contribution is 2.36. The van der Waals surface area contributed by atoms with Gasteiger partial charge in [-0.05, 0) is 66.2 Å². The number of rotatable bonds is 4. The number of thiazole rings is 1. The molecule has 0 saturated carbocycles. The molecule has 0 saturated heterocycles. The summed E-state index contributed by atoms with van der Waals surface area (Å²) in [5.74, 6) is 0.147. The Balaban J connectivity index is 1.53. The van der Waals surface area contributed by atoms with Crippen molar-refractivity contribution >= 4 is 62.1 Å². The smallest absolute Gasteiger partial charge is 0.257 e. The van der Waals surface area contributed by atoms with Gasteiger partial charge in [-0.1, -0.05) is 49.7 Å². The summed E-state index contributed by atoms with van der Waals surface area (Å²) in [6.07, 6.45) is 0. The van der Waals surface area contributed by atoms with Crippen LogP contribution in [0.25, 0.3) is 20.8 Å². The molecule has 2 N–H and O–H groups in total. The Morgan fingerprint density at radius 2 is 1.81 bits per heavy atom. The maximum absolute atomic E-state index is 12.6. The summed E-state index contributed by atoms with van der Waals surface area (Å²) in [6, 6.07) is 20.9. The summed E-state index contributed by atoms with van der Waals surface area (Å²) in [4.78, 5) is 17.3. The highest BCUT2D eigenvalue weighted by Gasteiger charge is 2.14. The van der Waals surface area contributed by atoms with E-state index in [2.05, 4.69) is 24.5 Å². The molecule has 3 aromatic carbocycles. The lowest BCUT2D eigenvalue weighted by Crippen LogP contribution is -2.34. The molecule has 1 heterocycles. The first-order chi connectivity index (χ1) is 14.9. The third kappa shape index (κ3) is 4.93. The van der Waals surface area contributed by atoms with E-state index in [1.807, 2.05) is 60.7 Å². The maximum atomic E-state index is 12.6. The minimum absolute atomic E-state index is 0.211. The van der Waals surface area contributed by atoms with Gasteiger partial charge in [0.25, 0.3) is 5.91 Å². The normalized spacial score (nSPS) is 11.0. The average Bonchev–Trinajstić information content (AvgIpc) is 3.19. The number of benzene rings is 3. The van der Waals surface area contributed by atoms with E-state index in [0.29, 0.717) is 16.5 Å². The Morgan fingerprint density at radius 1 is 1.06 bits per heavy atom. The Bertz CT molecular complexity index is 1230. The van der Waals surface area contributed by atoms with Gasteiger partial charge in [0, 0.05) is 16.1 Å². The Labute approximate surface area is 195 Å². The lowest BCUT2D eigenvalue weighted by Gasteiger charge is -2.13. The number of amides is 1. The number of hydrogen-bond acceptors (Lipinski definition) is 4. The highest BCUT2D eigenvalue weighted by molar-refractivity contribution is 7.80. The van der Waals surface area contributed by atoms with Gasteiger partial charge < -0.3 is 5.32 Å². The van der Waals surface area contributed by atoms with Crippen molar-refractivity contribution in [3.63, 3.8) is 0 Å². The van der Waals surface area contributed by atoms with Crippen LogP contribution >= 0.6 is 35.2 Å². The zero-order valence-corrected chi connectivity index (χ0v) is 19.4. The molecule has 4 aromatic rings. The van der Waals surface area contributed by atoms with Crippen molar-refractivity contribution in [2.24, 2.45) is 0 Å². The second kappa shape index (κ2) is 9.14. The van der Waals surface area contributed by atoms with Crippen molar-refractivity contribution in [1.82, 2.24) is 10.3 Å². The monoisotopic (exact) mass is 465 g/mol.